The van der Waals surface area contributed by atoms with Crippen LogP contribution >= 0.6 is 11.8 Å². The molecule has 1 saturated heterocycles. The first-order valence-corrected chi connectivity index (χ1v) is 33.9. The Morgan fingerprint density at radius 2 is 1.06 bits per heavy atom. The molecule has 13 amide bonds. The summed E-state index contributed by atoms with van der Waals surface area (Å²) in [5, 5.41) is 66.5. The van der Waals surface area contributed by atoms with E-state index in [2.05, 4.69) is 63.1 Å². The summed E-state index contributed by atoms with van der Waals surface area (Å²) in [4.78, 5) is 198. The van der Waals surface area contributed by atoms with Crippen LogP contribution in [0, 0.1) is 17.8 Å². The van der Waals surface area contributed by atoms with Gasteiger partial charge in [-0.25, -0.2) is 4.98 Å². The number of aromatic nitrogens is 2. The van der Waals surface area contributed by atoms with Crippen LogP contribution in [0.1, 0.15) is 124 Å². The summed E-state index contributed by atoms with van der Waals surface area (Å²) in [6.07, 6.45) is -0.310. The molecule has 3 rings (SSSR count). The van der Waals surface area contributed by atoms with E-state index >= 15 is 0 Å². The van der Waals surface area contributed by atoms with Gasteiger partial charge in [0.15, 0.2) is 0 Å². The monoisotopic (exact) mass is 1400 g/mol. The van der Waals surface area contributed by atoms with E-state index in [1.165, 1.54) is 31.2 Å². The number of likely N-dealkylation sites (tertiary alicyclic amines) is 1. The Labute approximate surface area is 572 Å². The highest BCUT2D eigenvalue weighted by molar-refractivity contribution is 7.98. The van der Waals surface area contributed by atoms with Crippen molar-refractivity contribution in [1.29, 1.82) is 0 Å². The fraction of sp³-hybridized carbons (Fsp3) is 0.635. The molecule has 15 atom stereocenters. The number of hydrogen-bond donors (Lipinski definition) is 18. The molecular formula is C63H100N16O18S. The zero-order chi connectivity index (χ0) is 73.7. The predicted octanol–water partition coefficient (Wildman–Crippen LogP) is -4.77. The number of aromatic amines is 1. The van der Waals surface area contributed by atoms with E-state index in [1.54, 1.807) is 78.1 Å². The first kappa shape index (κ1) is 83.4. The lowest BCUT2D eigenvalue weighted by Gasteiger charge is -2.31. The predicted molar refractivity (Wildman–Crippen MR) is 356 cm³/mol. The van der Waals surface area contributed by atoms with Gasteiger partial charge in [-0.1, -0.05) is 78.3 Å². The van der Waals surface area contributed by atoms with Crippen molar-refractivity contribution >= 4 is 94.5 Å². The van der Waals surface area contributed by atoms with Crippen LogP contribution in [-0.4, -0.2) is 228 Å². The first-order valence-electron chi connectivity index (χ1n) is 32.5. The number of nitrogens with two attached hydrogens (primary N) is 3. The van der Waals surface area contributed by atoms with E-state index < -0.39 is 199 Å². The lowest BCUT2D eigenvalue weighted by atomic mass is 9.96. The highest BCUT2D eigenvalue weighted by Crippen LogP contribution is 2.19. The minimum atomic E-state index is -2.02. The maximum Gasteiger partial charge on any atom is 0.305 e. The number of carboxylic acids is 1. The number of aliphatic hydroxyl groups excluding tert-OH is 3. The minimum Gasteiger partial charge on any atom is -0.481 e. The third-order valence-electron chi connectivity index (χ3n) is 16.1. The van der Waals surface area contributed by atoms with Crippen LogP contribution < -0.4 is 70.4 Å². The highest BCUT2D eigenvalue weighted by Gasteiger charge is 2.41. The van der Waals surface area contributed by atoms with Crippen molar-refractivity contribution in [2.75, 3.05) is 25.2 Å². The fourth-order valence-corrected chi connectivity index (χ4v) is 11.0. The number of nitrogens with zero attached hydrogens (tertiary/aromatic N) is 2. The second kappa shape index (κ2) is 41.5. The highest BCUT2D eigenvalue weighted by atomic mass is 32.2. The molecule has 34 nitrogen and oxygen atoms in total. The summed E-state index contributed by atoms with van der Waals surface area (Å²) in [5.74, 6) is -15.4. The molecule has 0 radical (unpaired) electrons. The smallest absolute Gasteiger partial charge is 0.305 e. The average Bonchev–Trinajstić information content (AvgIpc) is 1.49. The number of H-pyrrole nitrogens is 1. The lowest BCUT2D eigenvalue weighted by molar-refractivity contribution is -0.142. The van der Waals surface area contributed by atoms with Crippen molar-refractivity contribution in [2.24, 2.45) is 35.0 Å². The number of carbonyl (C=O) groups excluding carboxylic acids is 13. The fourth-order valence-electron chi connectivity index (χ4n) is 10.5. The van der Waals surface area contributed by atoms with E-state index in [-0.39, 0.29) is 56.9 Å². The maximum absolute atomic E-state index is 14.5. The lowest BCUT2D eigenvalue weighted by Crippen LogP contribution is -2.63. The normalized spacial score (nSPS) is 17.2. The number of nitrogens with one attached hydrogen (secondary N) is 11. The Balaban J connectivity index is 1.85. The zero-order valence-corrected chi connectivity index (χ0v) is 57.6. The molecule has 546 valence electrons. The summed E-state index contributed by atoms with van der Waals surface area (Å²) < 4.78 is 0. The Bertz CT molecular complexity index is 3030. The van der Waals surface area contributed by atoms with Gasteiger partial charge >= 0.3 is 5.97 Å². The van der Waals surface area contributed by atoms with Crippen molar-refractivity contribution in [3.63, 3.8) is 0 Å². The van der Waals surface area contributed by atoms with Gasteiger partial charge in [0.1, 0.15) is 66.5 Å². The summed E-state index contributed by atoms with van der Waals surface area (Å²) >= 11 is 1.32. The first-order chi connectivity index (χ1) is 46.1. The Morgan fingerprint density at radius 3 is 1.54 bits per heavy atom. The summed E-state index contributed by atoms with van der Waals surface area (Å²) in [5.41, 5.74) is 18.2. The van der Waals surface area contributed by atoms with E-state index in [9.17, 15) is 87.5 Å². The summed E-state index contributed by atoms with van der Waals surface area (Å²) in [7, 11) is 0. The average molecular weight is 1400 g/mol. The number of imidazole rings is 1. The Kier molecular flexibility index (Phi) is 35.3. The quantitative estimate of drug-likeness (QED) is 0.0296. The van der Waals surface area contributed by atoms with Gasteiger partial charge in [0.2, 0.25) is 76.8 Å². The van der Waals surface area contributed by atoms with E-state index in [0.29, 0.717) is 24.3 Å². The number of carboxylic acid groups (broad SMARTS) is 1. The topological polar surface area (TPSA) is 550 Å². The van der Waals surface area contributed by atoms with Gasteiger partial charge in [-0.2, -0.15) is 11.8 Å². The van der Waals surface area contributed by atoms with Crippen LogP contribution in [0.3, 0.4) is 0 Å². The van der Waals surface area contributed by atoms with Crippen LogP contribution in [0.25, 0.3) is 0 Å². The third-order valence-corrected chi connectivity index (χ3v) is 16.7. The molecule has 0 saturated carbocycles. The number of aliphatic carboxylic acids is 1. The maximum atomic E-state index is 14.5. The van der Waals surface area contributed by atoms with Crippen LogP contribution in [0.15, 0.2) is 42.9 Å². The molecule has 1 aromatic heterocycles. The molecule has 0 aliphatic carbocycles. The Hall–Kier alpha value is -8.80. The minimum absolute atomic E-state index is 0.0178. The molecule has 0 spiro atoms. The van der Waals surface area contributed by atoms with E-state index in [4.69, 9.17) is 17.2 Å². The molecule has 1 fully saturated rings. The molecule has 1 aliphatic heterocycles. The third kappa shape index (κ3) is 27.6. The molecule has 0 unspecified atom stereocenters. The molecule has 0 bridgehead atoms. The van der Waals surface area contributed by atoms with Gasteiger partial charge in [-0.05, 0) is 94.1 Å². The number of aliphatic hydroxyl groups is 3. The van der Waals surface area contributed by atoms with Crippen molar-refractivity contribution in [3.8, 4) is 0 Å². The van der Waals surface area contributed by atoms with Gasteiger partial charge in [0, 0.05) is 31.3 Å². The molecule has 1 aromatic carbocycles. The second-order valence-corrected chi connectivity index (χ2v) is 26.2. The van der Waals surface area contributed by atoms with Crippen LogP contribution in [-0.2, 0) is 80.0 Å². The summed E-state index contributed by atoms with van der Waals surface area (Å²) in [6, 6.07) is -9.36. The van der Waals surface area contributed by atoms with Crippen molar-refractivity contribution < 1.29 is 87.5 Å². The van der Waals surface area contributed by atoms with Crippen LogP contribution in [0.2, 0.25) is 0 Å². The molecule has 98 heavy (non-hydrogen) atoms. The standard InChI is InChI=1S/C63H100N16O18S/c1-10-33(6)49(76-55(89)40(20-22-98-9)70-62(96)51(35(8)82)77-58(92)43(26-37-28-67-30-68-37)71-53(87)38(64)25-36-15-12-11-13-16-36)60(94)74-42(24-32(4)5)57(91)72-41(23-31(2)3)56(90)73-44(27-48(84)85)59(93)78-50(34(7)81)61(95)69-39(18-19-47(65)83)54(88)75-45(29-80)63(97)79-21-14-17-46(79)52(66)86/h11-13,15-16,28,30-35,38-46,49-51,80-82H,10,14,17-27,29,64H2,1-9H3,(H2,65,83)(H2,66,86)(H,67,68)(H,69,95)(H,70,96)(H,71,87)(H,72,91)(H,73,90)(H,74,94)(H,75,88)(H,76,89)(H,77,92)(H,78,93)(H,84,85)/t33-,34+,35+,38-,39-,40-,41-,42-,43-,44-,45-,46-,49-,50-,51-/m0/s1. The summed E-state index contributed by atoms with van der Waals surface area (Å²) in [6.45, 7) is 11.6. The van der Waals surface area contributed by atoms with Gasteiger partial charge in [-0.3, -0.25) is 67.1 Å². The number of primary amides is 2. The van der Waals surface area contributed by atoms with Gasteiger partial charge in [0.05, 0.1) is 37.6 Å². The number of benzene rings is 1. The molecule has 21 N–H and O–H groups in total. The molecule has 35 heteroatoms. The molecule has 1 aliphatic rings. The molecule has 2 heterocycles. The molecular weight excluding hydrogens is 1300 g/mol. The number of thioether (sulfide) groups is 1. The largest absolute Gasteiger partial charge is 0.481 e. The number of rotatable bonds is 43. The van der Waals surface area contributed by atoms with Crippen LogP contribution in [0.5, 0.6) is 0 Å². The Morgan fingerprint density at radius 1 is 0.602 bits per heavy atom. The van der Waals surface area contributed by atoms with Crippen LogP contribution in [0.4, 0.5) is 0 Å². The van der Waals surface area contributed by atoms with Gasteiger partial charge in [-0.15, -0.1) is 0 Å². The van der Waals surface area contributed by atoms with Crippen molar-refractivity contribution in [1.82, 2.24) is 68.0 Å². The zero-order valence-electron chi connectivity index (χ0n) is 56.8. The number of amides is 13. The number of carbonyl (C=O) groups is 14. The second-order valence-electron chi connectivity index (χ2n) is 25.2. The number of hydrogen-bond acceptors (Lipinski definition) is 20. The van der Waals surface area contributed by atoms with Gasteiger partial charge in [0.25, 0.3) is 0 Å². The van der Waals surface area contributed by atoms with Gasteiger partial charge < -0.3 is 101 Å². The van der Waals surface area contributed by atoms with E-state index in [0.717, 1.165) is 17.4 Å². The van der Waals surface area contributed by atoms with E-state index in [1.807, 2.05) is 0 Å². The van der Waals surface area contributed by atoms with Crippen molar-refractivity contribution in [2.45, 2.75) is 211 Å². The SMILES string of the molecule is CC[C@H](C)[C@H](NC(=O)[C@H](CCSC)NC(=O)[C@@H](NC(=O)[C@H](Cc1cnc[nH]1)NC(=O)[C@@H](N)Cc1ccccc1)[C@@H](C)O)C(=O)N[C@@H](CC(C)C)C(=O)N[C@@H](CC(C)C)C(=O)N[C@@H](CC(=O)O)C(=O)N[C@H](C(=O)N[C@@H](CCC(N)=O)C(=O)N[C@@H](CO)C(=O)N1CCC[C@H]1C(N)=O)[C@@H](C)O. The van der Waals surface area contributed by atoms with Crippen molar-refractivity contribution in [3.05, 3.63) is 54.1 Å². The molecule has 2 aromatic rings.